The first kappa shape index (κ1) is 11.3. The van der Waals surface area contributed by atoms with Crippen LogP contribution >= 0.6 is 0 Å². The summed E-state index contributed by atoms with van der Waals surface area (Å²) in [4.78, 5) is 2.15. The molecule has 5 nitrogen and oxygen atoms in total. The first-order valence-electron chi connectivity index (χ1n) is 5.01. The van der Waals surface area contributed by atoms with Crippen molar-refractivity contribution in [3.05, 3.63) is 0 Å². The van der Waals surface area contributed by atoms with Gasteiger partial charge in [0, 0.05) is 19.0 Å². The lowest BCUT2D eigenvalue weighted by molar-refractivity contribution is 0.0673. The maximum atomic E-state index is 9.44. The van der Waals surface area contributed by atoms with E-state index in [2.05, 4.69) is 10.1 Å². The van der Waals surface area contributed by atoms with E-state index in [4.69, 9.17) is 10.9 Å². The zero-order valence-corrected chi connectivity index (χ0v) is 8.56. The van der Waals surface area contributed by atoms with Gasteiger partial charge in [0.05, 0.1) is 6.10 Å². The number of aliphatic hydroxyl groups excluding tert-OH is 1. The van der Waals surface area contributed by atoms with Crippen LogP contribution in [0.4, 0.5) is 0 Å². The van der Waals surface area contributed by atoms with Gasteiger partial charge in [0.1, 0.15) is 5.84 Å². The summed E-state index contributed by atoms with van der Waals surface area (Å²) in [5.41, 5.74) is 5.48. The van der Waals surface area contributed by atoms with E-state index in [-0.39, 0.29) is 17.9 Å². The largest absolute Gasteiger partial charge is 0.409 e. The van der Waals surface area contributed by atoms with Crippen LogP contribution in [0, 0.1) is 5.92 Å². The summed E-state index contributed by atoms with van der Waals surface area (Å²) >= 11 is 0. The third-order valence-electron chi connectivity index (χ3n) is 2.63. The maximum Gasteiger partial charge on any atom is 0.143 e. The highest BCUT2D eigenvalue weighted by Crippen LogP contribution is 2.11. The Morgan fingerprint density at radius 1 is 1.71 bits per heavy atom. The predicted molar refractivity (Wildman–Crippen MR) is 54.3 cm³/mol. The molecule has 0 aromatic carbocycles. The predicted octanol–water partition coefficient (Wildman–Crippen LogP) is -0.174. The molecule has 0 saturated carbocycles. The van der Waals surface area contributed by atoms with Crippen molar-refractivity contribution >= 4 is 5.84 Å². The van der Waals surface area contributed by atoms with Gasteiger partial charge in [-0.1, -0.05) is 12.1 Å². The number of nitrogens with two attached hydrogens (primary N) is 1. The minimum Gasteiger partial charge on any atom is -0.409 e. The second kappa shape index (κ2) is 5.17. The molecule has 2 atom stereocenters. The summed E-state index contributed by atoms with van der Waals surface area (Å²) in [6.45, 7) is 4.34. The molecule has 1 aliphatic heterocycles. The van der Waals surface area contributed by atoms with E-state index in [1.165, 1.54) is 0 Å². The minimum atomic E-state index is -0.219. The Bertz CT molecular complexity index is 208. The van der Waals surface area contributed by atoms with Crippen molar-refractivity contribution in [1.82, 2.24) is 4.90 Å². The van der Waals surface area contributed by atoms with E-state index in [1.54, 1.807) is 0 Å². The Morgan fingerprint density at radius 2 is 2.43 bits per heavy atom. The maximum absolute atomic E-state index is 9.44. The molecule has 2 unspecified atom stereocenters. The fourth-order valence-corrected chi connectivity index (χ4v) is 1.78. The smallest absolute Gasteiger partial charge is 0.143 e. The average Bonchev–Trinajstić information content (AvgIpc) is 2.16. The Balaban J connectivity index is 2.36. The number of rotatable bonds is 3. The van der Waals surface area contributed by atoms with Crippen molar-refractivity contribution < 1.29 is 10.3 Å². The Hall–Kier alpha value is -0.810. The third kappa shape index (κ3) is 3.16. The Kier molecular flexibility index (Phi) is 4.16. The topological polar surface area (TPSA) is 82.1 Å². The second-order valence-corrected chi connectivity index (χ2v) is 3.98. The molecule has 14 heavy (non-hydrogen) atoms. The highest BCUT2D eigenvalue weighted by atomic mass is 16.4. The van der Waals surface area contributed by atoms with Crippen LogP contribution in [0.15, 0.2) is 5.16 Å². The molecule has 0 radical (unpaired) electrons. The van der Waals surface area contributed by atoms with Crippen LogP contribution in [0.3, 0.4) is 0 Å². The van der Waals surface area contributed by atoms with Crippen molar-refractivity contribution in [1.29, 1.82) is 0 Å². The first-order chi connectivity index (χ1) is 6.63. The SMILES string of the molecule is CC(CN1CCCC(O)C1)/C(N)=N/O. The molecule has 0 spiro atoms. The average molecular weight is 201 g/mol. The second-order valence-electron chi connectivity index (χ2n) is 3.98. The summed E-state index contributed by atoms with van der Waals surface area (Å²) in [5.74, 6) is 0.287. The molecule has 4 N–H and O–H groups in total. The van der Waals surface area contributed by atoms with E-state index in [0.717, 1.165) is 25.9 Å². The van der Waals surface area contributed by atoms with Crippen molar-refractivity contribution in [2.75, 3.05) is 19.6 Å². The first-order valence-corrected chi connectivity index (χ1v) is 5.01. The van der Waals surface area contributed by atoms with Gasteiger partial charge in [-0.15, -0.1) is 0 Å². The minimum absolute atomic E-state index is 0.0327. The highest BCUT2D eigenvalue weighted by molar-refractivity contribution is 5.82. The van der Waals surface area contributed by atoms with Crippen LogP contribution in [-0.4, -0.2) is 46.8 Å². The van der Waals surface area contributed by atoms with Crippen LogP contribution in [0.1, 0.15) is 19.8 Å². The normalized spacial score (nSPS) is 27.6. The quantitative estimate of drug-likeness (QED) is 0.256. The number of piperidine rings is 1. The summed E-state index contributed by atoms with van der Waals surface area (Å²) in [6, 6.07) is 0. The molecule has 0 aliphatic carbocycles. The molecule has 5 heteroatoms. The molecular weight excluding hydrogens is 182 g/mol. The van der Waals surface area contributed by atoms with Gasteiger partial charge in [0.2, 0.25) is 0 Å². The molecule has 1 heterocycles. The van der Waals surface area contributed by atoms with Crippen LogP contribution in [0.2, 0.25) is 0 Å². The van der Waals surface area contributed by atoms with Gasteiger partial charge in [-0.2, -0.15) is 0 Å². The number of aliphatic hydroxyl groups is 1. The molecule has 82 valence electrons. The fraction of sp³-hybridized carbons (Fsp3) is 0.889. The zero-order valence-electron chi connectivity index (χ0n) is 8.56. The molecular formula is C9H19N3O2. The van der Waals surface area contributed by atoms with E-state index in [9.17, 15) is 5.11 Å². The Morgan fingerprint density at radius 3 is 3.00 bits per heavy atom. The monoisotopic (exact) mass is 201 g/mol. The van der Waals surface area contributed by atoms with E-state index in [1.807, 2.05) is 6.92 Å². The van der Waals surface area contributed by atoms with E-state index < -0.39 is 0 Å². The molecule has 0 bridgehead atoms. The van der Waals surface area contributed by atoms with Crippen LogP contribution in [0.25, 0.3) is 0 Å². The van der Waals surface area contributed by atoms with Gasteiger partial charge in [0.25, 0.3) is 0 Å². The van der Waals surface area contributed by atoms with Crippen molar-refractivity contribution in [2.45, 2.75) is 25.9 Å². The van der Waals surface area contributed by atoms with Crippen LogP contribution < -0.4 is 5.73 Å². The fourth-order valence-electron chi connectivity index (χ4n) is 1.78. The van der Waals surface area contributed by atoms with Crippen LogP contribution in [0.5, 0.6) is 0 Å². The summed E-state index contributed by atoms with van der Waals surface area (Å²) in [7, 11) is 0. The third-order valence-corrected chi connectivity index (χ3v) is 2.63. The molecule has 1 fully saturated rings. The molecule has 0 aromatic heterocycles. The molecule has 0 amide bonds. The summed E-state index contributed by atoms with van der Waals surface area (Å²) < 4.78 is 0. The Labute approximate surface area is 84.2 Å². The standard InChI is InChI=1S/C9H19N3O2/c1-7(9(10)11-14)5-12-4-2-3-8(13)6-12/h7-8,13-14H,2-6H2,1H3,(H2,10,11). The van der Waals surface area contributed by atoms with Gasteiger partial charge in [-0.25, -0.2) is 0 Å². The highest BCUT2D eigenvalue weighted by Gasteiger charge is 2.20. The van der Waals surface area contributed by atoms with Crippen molar-refractivity contribution in [3.8, 4) is 0 Å². The number of hydrogen-bond acceptors (Lipinski definition) is 4. The van der Waals surface area contributed by atoms with Crippen molar-refractivity contribution in [2.24, 2.45) is 16.8 Å². The summed E-state index contributed by atoms with van der Waals surface area (Å²) in [5, 5.41) is 20.9. The summed E-state index contributed by atoms with van der Waals surface area (Å²) in [6.07, 6.45) is 1.68. The van der Waals surface area contributed by atoms with Gasteiger partial charge >= 0.3 is 0 Å². The van der Waals surface area contributed by atoms with Gasteiger partial charge < -0.3 is 20.9 Å². The van der Waals surface area contributed by atoms with Gasteiger partial charge in [-0.05, 0) is 19.4 Å². The van der Waals surface area contributed by atoms with E-state index in [0.29, 0.717) is 6.54 Å². The zero-order chi connectivity index (χ0) is 10.6. The van der Waals surface area contributed by atoms with Crippen LogP contribution in [-0.2, 0) is 0 Å². The molecule has 1 rings (SSSR count). The molecule has 1 saturated heterocycles. The number of amidine groups is 1. The van der Waals surface area contributed by atoms with Crippen molar-refractivity contribution in [3.63, 3.8) is 0 Å². The molecule has 1 aliphatic rings. The lowest BCUT2D eigenvalue weighted by Gasteiger charge is -2.31. The number of likely N-dealkylation sites (tertiary alicyclic amines) is 1. The lowest BCUT2D eigenvalue weighted by Crippen LogP contribution is -2.42. The number of β-amino-alcohol motifs (C(OH)–C–C–N with tert-alkyl or cyclic N) is 1. The number of nitrogens with zero attached hydrogens (tertiary/aromatic N) is 2. The lowest BCUT2D eigenvalue weighted by atomic mass is 10.1. The number of oxime groups is 1. The van der Waals surface area contributed by atoms with Gasteiger partial charge in [0.15, 0.2) is 0 Å². The molecule has 0 aromatic rings. The van der Waals surface area contributed by atoms with Gasteiger partial charge in [-0.3, -0.25) is 0 Å². The number of hydrogen-bond donors (Lipinski definition) is 3. The van der Waals surface area contributed by atoms with E-state index >= 15 is 0 Å².